The maximum atomic E-state index is 13.4. The van der Waals surface area contributed by atoms with Crippen LogP contribution in [0.3, 0.4) is 0 Å². The van der Waals surface area contributed by atoms with Crippen LogP contribution in [-0.4, -0.2) is 43.4 Å². The van der Waals surface area contributed by atoms with Gasteiger partial charge < -0.3 is 10.1 Å². The molecular formula is C18H17FN6O4S. The van der Waals surface area contributed by atoms with Crippen LogP contribution in [0.1, 0.15) is 12.5 Å². The van der Waals surface area contributed by atoms with Crippen LogP contribution in [0.4, 0.5) is 15.8 Å². The Bertz CT molecular complexity index is 1060. The van der Waals surface area contributed by atoms with E-state index in [-0.39, 0.29) is 5.69 Å². The van der Waals surface area contributed by atoms with Gasteiger partial charge in [-0.25, -0.2) is 4.68 Å². The fourth-order valence-electron chi connectivity index (χ4n) is 2.47. The number of ether oxygens (including phenoxy) is 1. The molecule has 0 aliphatic heterocycles. The minimum absolute atomic E-state index is 0.123. The topological polar surface area (TPSA) is 125 Å². The van der Waals surface area contributed by atoms with Crippen molar-refractivity contribution in [1.82, 2.24) is 20.2 Å². The van der Waals surface area contributed by atoms with Crippen molar-refractivity contribution in [3.63, 3.8) is 0 Å². The highest BCUT2D eigenvalue weighted by molar-refractivity contribution is 8.00. The van der Waals surface area contributed by atoms with E-state index in [1.807, 2.05) is 24.3 Å². The monoisotopic (exact) mass is 432 g/mol. The Kier molecular flexibility index (Phi) is 6.57. The van der Waals surface area contributed by atoms with Crippen LogP contribution in [0, 0.1) is 15.9 Å². The summed E-state index contributed by atoms with van der Waals surface area (Å²) in [6.45, 7) is 2.04. The Balaban J connectivity index is 1.65. The Labute approximate surface area is 174 Å². The lowest BCUT2D eigenvalue weighted by Gasteiger charge is -2.12. The molecule has 1 unspecified atom stereocenters. The van der Waals surface area contributed by atoms with Crippen LogP contribution < -0.4 is 10.1 Å². The van der Waals surface area contributed by atoms with E-state index < -0.39 is 27.6 Å². The number of aromatic nitrogens is 4. The molecule has 1 amide bonds. The molecule has 3 aromatic rings. The number of methoxy groups -OCH3 is 1. The second kappa shape index (κ2) is 9.31. The number of nitrogens with zero attached hydrogens (tertiary/aromatic N) is 5. The zero-order chi connectivity index (χ0) is 21.7. The summed E-state index contributed by atoms with van der Waals surface area (Å²) in [5.41, 5.74) is 0.357. The van der Waals surface area contributed by atoms with Crippen molar-refractivity contribution >= 4 is 29.0 Å². The molecule has 0 aliphatic carbocycles. The maximum Gasteiger partial charge on any atom is 0.306 e. The van der Waals surface area contributed by atoms with Crippen molar-refractivity contribution in [2.45, 2.75) is 23.9 Å². The summed E-state index contributed by atoms with van der Waals surface area (Å²) >= 11 is 1.13. The molecule has 0 saturated heterocycles. The van der Waals surface area contributed by atoms with Crippen molar-refractivity contribution in [3.8, 4) is 5.75 Å². The van der Waals surface area contributed by atoms with Crippen molar-refractivity contribution in [3.05, 3.63) is 64.0 Å². The predicted octanol–water partition coefficient (Wildman–Crippen LogP) is 2.90. The Morgan fingerprint density at radius 1 is 1.33 bits per heavy atom. The average molecular weight is 432 g/mol. The zero-order valence-electron chi connectivity index (χ0n) is 16.0. The second-order valence-electron chi connectivity index (χ2n) is 6.14. The molecule has 2 aromatic carbocycles. The molecule has 156 valence electrons. The Morgan fingerprint density at radius 2 is 2.07 bits per heavy atom. The van der Waals surface area contributed by atoms with Gasteiger partial charge in [-0.3, -0.25) is 14.9 Å². The van der Waals surface area contributed by atoms with Gasteiger partial charge in [-0.15, -0.1) is 5.10 Å². The molecular weight excluding hydrogens is 415 g/mol. The first-order valence-electron chi connectivity index (χ1n) is 8.68. The highest BCUT2D eigenvalue weighted by atomic mass is 32.2. The third kappa shape index (κ3) is 5.08. The molecule has 1 aromatic heterocycles. The molecule has 3 rings (SSSR count). The molecule has 0 fully saturated rings. The number of nitro benzene ring substituents is 1. The number of benzene rings is 2. The first-order chi connectivity index (χ1) is 14.4. The molecule has 0 bridgehead atoms. The molecule has 0 spiro atoms. The van der Waals surface area contributed by atoms with Crippen molar-refractivity contribution < 1.29 is 18.8 Å². The highest BCUT2D eigenvalue weighted by Crippen LogP contribution is 2.25. The molecule has 0 saturated carbocycles. The lowest BCUT2D eigenvalue weighted by atomic mass is 10.2. The number of thioether (sulfide) groups is 1. The SMILES string of the molecule is COc1ccc(Cn2nnnc2SC(C)C(=O)Nc2ccc(F)c([N+](=O)[O-])c2)cc1. The van der Waals surface area contributed by atoms with Crippen LogP contribution >= 0.6 is 11.8 Å². The van der Waals surface area contributed by atoms with Crippen molar-refractivity contribution in [1.29, 1.82) is 0 Å². The number of hydrogen-bond donors (Lipinski definition) is 1. The second-order valence-corrected chi connectivity index (χ2v) is 7.45. The summed E-state index contributed by atoms with van der Waals surface area (Å²) in [6, 6.07) is 10.6. The average Bonchev–Trinajstić information content (AvgIpc) is 3.16. The highest BCUT2D eigenvalue weighted by Gasteiger charge is 2.21. The minimum Gasteiger partial charge on any atom is -0.497 e. The number of halogens is 1. The molecule has 1 heterocycles. The lowest BCUT2D eigenvalue weighted by Crippen LogP contribution is -2.23. The molecule has 1 N–H and O–H groups in total. The zero-order valence-corrected chi connectivity index (χ0v) is 16.8. The number of carbonyl (C=O) groups is 1. The number of amides is 1. The number of nitrogens with one attached hydrogen (secondary N) is 1. The van der Waals surface area contributed by atoms with E-state index in [2.05, 4.69) is 20.8 Å². The third-order valence-corrected chi connectivity index (χ3v) is 5.12. The first kappa shape index (κ1) is 21.2. The fourth-order valence-corrected chi connectivity index (χ4v) is 3.26. The van der Waals surface area contributed by atoms with Crippen molar-refractivity contribution in [2.75, 3.05) is 12.4 Å². The van der Waals surface area contributed by atoms with Crippen LogP contribution in [0.15, 0.2) is 47.6 Å². The summed E-state index contributed by atoms with van der Waals surface area (Å²) in [4.78, 5) is 22.5. The smallest absolute Gasteiger partial charge is 0.306 e. The Hall–Kier alpha value is -3.54. The fraction of sp³-hybridized carbons (Fsp3) is 0.222. The van der Waals surface area contributed by atoms with E-state index in [9.17, 15) is 19.3 Å². The van der Waals surface area contributed by atoms with Gasteiger partial charge >= 0.3 is 5.69 Å². The van der Waals surface area contributed by atoms with Gasteiger partial charge in [0.1, 0.15) is 5.75 Å². The molecule has 30 heavy (non-hydrogen) atoms. The van der Waals surface area contributed by atoms with Crippen LogP contribution in [0.25, 0.3) is 0 Å². The van der Waals surface area contributed by atoms with Crippen LogP contribution in [0.5, 0.6) is 5.75 Å². The first-order valence-corrected chi connectivity index (χ1v) is 9.56. The van der Waals surface area contributed by atoms with E-state index in [0.29, 0.717) is 11.7 Å². The van der Waals surface area contributed by atoms with E-state index in [0.717, 1.165) is 35.2 Å². The van der Waals surface area contributed by atoms with Gasteiger partial charge in [0.15, 0.2) is 0 Å². The van der Waals surface area contributed by atoms with E-state index >= 15 is 0 Å². The lowest BCUT2D eigenvalue weighted by molar-refractivity contribution is -0.387. The molecule has 0 aliphatic rings. The van der Waals surface area contributed by atoms with Gasteiger partial charge in [-0.2, -0.15) is 4.39 Å². The standard InChI is InChI=1S/C18H17FN6O4S/c1-11(17(26)20-13-5-8-15(19)16(9-13)25(27)28)30-18-21-22-23-24(18)10-12-3-6-14(29-2)7-4-12/h3-9,11H,10H2,1-2H3,(H,20,26). The number of hydrogen-bond acceptors (Lipinski definition) is 8. The largest absolute Gasteiger partial charge is 0.497 e. The van der Waals surface area contributed by atoms with Crippen LogP contribution in [0.2, 0.25) is 0 Å². The van der Waals surface area contributed by atoms with Crippen molar-refractivity contribution in [2.24, 2.45) is 0 Å². The number of anilines is 1. The number of rotatable bonds is 8. The molecule has 1 atom stereocenters. The van der Waals surface area contributed by atoms with Gasteiger partial charge in [-0.05, 0) is 47.2 Å². The van der Waals surface area contributed by atoms with E-state index in [1.165, 1.54) is 6.07 Å². The molecule has 12 heteroatoms. The summed E-state index contributed by atoms with van der Waals surface area (Å²) in [5.74, 6) is -0.672. The maximum absolute atomic E-state index is 13.4. The van der Waals surface area contributed by atoms with Crippen LogP contribution in [-0.2, 0) is 11.3 Å². The number of tetrazole rings is 1. The van der Waals surface area contributed by atoms with E-state index in [4.69, 9.17) is 4.74 Å². The summed E-state index contributed by atoms with van der Waals surface area (Å²) in [5, 5.41) is 24.7. The summed E-state index contributed by atoms with van der Waals surface area (Å²) in [7, 11) is 1.58. The van der Waals surface area contributed by atoms with Gasteiger partial charge in [0.2, 0.25) is 16.9 Å². The number of nitro groups is 1. The van der Waals surface area contributed by atoms with E-state index in [1.54, 1.807) is 18.7 Å². The summed E-state index contributed by atoms with van der Waals surface area (Å²) < 4.78 is 20.1. The van der Waals surface area contributed by atoms with Gasteiger partial charge in [0.25, 0.3) is 0 Å². The third-order valence-electron chi connectivity index (χ3n) is 4.05. The normalized spacial score (nSPS) is 11.7. The van der Waals surface area contributed by atoms with Gasteiger partial charge in [0.05, 0.1) is 23.8 Å². The number of carbonyl (C=O) groups excluding carboxylic acids is 1. The predicted molar refractivity (Wildman–Crippen MR) is 107 cm³/mol. The van der Waals surface area contributed by atoms with Gasteiger partial charge in [-0.1, -0.05) is 23.9 Å². The molecule has 0 radical (unpaired) electrons. The summed E-state index contributed by atoms with van der Waals surface area (Å²) in [6.07, 6.45) is 0. The quantitative estimate of drug-likeness (QED) is 0.327. The van der Waals surface area contributed by atoms with Gasteiger partial charge in [0, 0.05) is 11.8 Å². The minimum atomic E-state index is -0.974. The Morgan fingerprint density at radius 3 is 2.73 bits per heavy atom. The molecule has 10 nitrogen and oxygen atoms in total.